The minimum absolute atomic E-state index is 0.0873. The monoisotopic (exact) mass is 232 g/mol. The normalized spacial score (nSPS) is 15.4. The summed E-state index contributed by atoms with van der Waals surface area (Å²) in [5, 5.41) is 0. The van der Waals surface area contributed by atoms with Crippen molar-refractivity contribution in [3.8, 4) is 0 Å². The van der Waals surface area contributed by atoms with Crippen LogP contribution in [0.15, 0.2) is 24.3 Å². The second kappa shape index (κ2) is 5.21. The van der Waals surface area contributed by atoms with Crippen LogP contribution in [0.3, 0.4) is 0 Å². The maximum Gasteiger partial charge on any atom is 0.253 e. The minimum Gasteiger partial charge on any atom is -0.399 e. The molecule has 0 radical (unpaired) electrons. The van der Waals surface area contributed by atoms with Crippen molar-refractivity contribution in [3.05, 3.63) is 29.8 Å². The molecule has 1 aromatic carbocycles. The predicted octanol–water partition coefficient (Wildman–Crippen LogP) is 2.53. The van der Waals surface area contributed by atoms with E-state index < -0.39 is 0 Å². The molecule has 1 saturated carbocycles. The molecule has 0 heterocycles. The second-order valence-corrected chi connectivity index (χ2v) is 4.93. The van der Waals surface area contributed by atoms with Crippen molar-refractivity contribution in [3.63, 3.8) is 0 Å². The Hall–Kier alpha value is -1.51. The molecule has 1 amide bonds. The molecular weight excluding hydrogens is 212 g/mol. The van der Waals surface area contributed by atoms with Gasteiger partial charge in [0.2, 0.25) is 0 Å². The van der Waals surface area contributed by atoms with E-state index in [-0.39, 0.29) is 5.91 Å². The van der Waals surface area contributed by atoms with Crippen molar-refractivity contribution in [2.24, 2.45) is 5.92 Å². The van der Waals surface area contributed by atoms with E-state index in [1.165, 1.54) is 19.3 Å². The Bertz CT molecular complexity index is 382. The van der Waals surface area contributed by atoms with Gasteiger partial charge in [0, 0.05) is 24.8 Å². The van der Waals surface area contributed by atoms with Gasteiger partial charge in [0.25, 0.3) is 5.91 Å². The number of hydrogen-bond donors (Lipinski definition) is 1. The molecule has 0 unspecified atom stereocenters. The highest BCUT2D eigenvalue weighted by atomic mass is 16.2. The number of nitrogens with zero attached hydrogens (tertiary/aromatic N) is 1. The van der Waals surface area contributed by atoms with E-state index in [2.05, 4.69) is 0 Å². The molecule has 0 aliphatic heterocycles. The van der Waals surface area contributed by atoms with E-state index in [1.807, 2.05) is 11.9 Å². The highest BCUT2D eigenvalue weighted by Gasteiger charge is 2.19. The highest BCUT2D eigenvalue weighted by Crippen LogP contribution is 2.29. The Morgan fingerprint density at radius 3 is 2.53 bits per heavy atom. The third kappa shape index (κ3) is 2.99. The molecule has 0 spiro atoms. The number of amides is 1. The van der Waals surface area contributed by atoms with Gasteiger partial charge in [-0.05, 0) is 36.6 Å². The van der Waals surface area contributed by atoms with Gasteiger partial charge in [-0.25, -0.2) is 0 Å². The zero-order valence-corrected chi connectivity index (χ0v) is 10.4. The lowest BCUT2D eigenvalue weighted by Gasteiger charge is -2.27. The lowest BCUT2D eigenvalue weighted by molar-refractivity contribution is 0.0779. The molecule has 92 valence electrons. The van der Waals surface area contributed by atoms with Crippen molar-refractivity contribution in [1.29, 1.82) is 0 Å². The molecule has 0 aromatic heterocycles. The van der Waals surface area contributed by atoms with Gasteiger partial charge in [-0.15, -0.1) is 0 Å². The predicted molar refractivity (Wildman–Crippen MR) is 69.8 cm³/mol. The first kappa shape index (κ1) is 12.0. The topological polar surface area (TPSA) is 46.3 Å². The van der Waals surface area contributed by atoms with Crippen molar-refractivity contribution >= 4 is 11.6 Å². The summed E-state index contributed by atoms with van der Waals surface area (Å²) >= 11 is 0. The molecule has 1 aliphatic rings. The molecule has 2 rings (SSSR count). The molecule has 0 atom stereocenters. The van der Waals surface area contributed by atoms with Crippen LogP contribution in [0.4, 0.5) is 5.69 Å². The molecule has 0 saturated heterocycles. The fourth-order valence-electron chi connectivity index (χ4n) is 2.11. The molecule has 3 heteroatoms. The summed E-state index contributed by atoms with van der Waals surface area (Å²) in [5.74, 6) is 0.931. The fourth-order valence-corrected chi connectivity index (χ4v) is 2.11. The SMILES string of the molecule is CN(CCC1CCC1)C(=O)c1ccc(N)cc1. The summed E-state index contributed by atoms with van der Waals surface area (Å²) in [7, 11) is 1.87. The van der Waals surface area contributed by atoms with Crippen LogP contribution in [0.25, 0.3) is 0 Å². The van der Waals surface area contributed by atoms with E-state index in [0.717, 1.165) is 24.4 Å². The van der Waals surface area contributed by atoms with Crippen molar-refractivity contribution in [2.75, 3.05) is 19.3 Å². The molecule has 3 nitrogen and oxygen atoms in total. The van der Waals surface area contributed by atoms with Crippen LogP contribution in [0, 0.1) is 5.92 Å². The van der Waals surface area contributed by atoms with Gasteiger partial charge in [0.15, 0.2) is 0 Å². The van der Waals surface area contributed by atoms with Crippen LogP contribution >= 0.6 is 0 Å². The Morgan fingerprint density at radius 2 is 2.00 bits per heavy atom. The summed E-state index contributed by atoms with van der Waals surface area (Å²) in [4.78, 5) is 13.9. The lowest BCUT2D eigenvalue weighted by Crippen LogP contribution is -2.30. The van der Waals surface area contributed by atoms with E-state index in [1.54, 1.807) is 24.3 Å². The molecular formula is C14H20N2O. The van der Waals surface area contributed by atoms with E-state index in [9.17, 15) is 4.79 Å². The summed E-state index contributed by atoms with van der Waals surface area (Å²) in [6.07, 6.45) is 5.17. The molecule has 1 aromatic rings. The molecule has 17 heavy (non-hydrogen) atoms. The van der Waals surface area contributed by atoms with Gasteiger partial charge < -0.3 is 10.6 Å². The lowest BCUT2D eigenvalue weighted by atomic mass is 9.83. The van der Waals surface area contributed by atoms with Gasteiger partial charge in [-0.3, -0.25) is 4.79 Å². The molecule has 0 bridgehead atoms. The highest BCUT2D eigenvalue weighted by molar-refractivity contribution is 5.94. The van der Waals surface area contributed by atoms with Crippen LogP contribution in [-0.4, -0.2) is 24.4 Å². The summed E-state index contributed by atoms with van der Waals surface area (Å²) < 4.78 is 0. The molecule has 1 fully saturated rings. The van der Waals surface area contributed by atoms with Gasteiger partial charge in [-0.2, -0.15) is 0 Å². The van der Waals surface area contributed by atoms with Crippen LogP contribution in [-0.2, 0) is 0 Å². The van der Waals surface area contributed by atoms with Gasteiger partial charge in [0.05, 0.1) is 0 Å². The number of nitrogens with two attached hydrogens (primary N) is 1. The smallest absolute Gasteiger partial charge is 0.253 e. The number of rotatable bonds is 4. The summed E-state index contributed by atoms with van der Waals surface area (Å²) in [6.45, 7) is 0.855. The number of carbonyl (C=O) groups excluding carboxylic acids is 1. The van der Waals surface area contributed by atoms with Gasteiger partial charge in [0.1, 0.15) is 0 Å². The van der Waals surface area contributed by atoms with Crippen molar-refractivity contribution in [2.45, 2.75) is 25.7 Å². The zero-order chi connectivity index (χ0) is 12.3. The summed E-state index contributed by atoms with van der Waals surface area (Å²) in [6, 6.07) is 7.12. The first-order valence-electron chi connectivity index (χ1n) is 6.28. The average Bonchev–Trinajstić information content (AvgIpc) is 2.27. The third-order valence-corrected chi connectivity index (χ3v) is 3.60. The molecule has 2 N–H and O–H groups in total. The van der Waals surface area contributed by atoms with E-state index >= 15 is 0 Å². The second-order valence-electron chi connectivity index (χ2n) is 4.93. The van der Waals surface area contributed by atoms with E-state index in [4.69, 9.17) is 5.73 Å². The molecule has 1 aliphatic carbocycles. The van der Waals surface area contributed by atoms with Crippen LogP contribution in [0.1, 0.15) is 36.0 Å². The van der Waals surface area contributed by atoms with Crippen molar-refractivity contribution < 1.29 is 4.79 Å². The fraction of sp³-hybridized carbons (Fsp3) is 0.500. The number of nitrogen functional groups attached to an aromatic ring is 1. The maximum atomic E-state index is 12.1. The third-order valence-electron chi connectivity index (χ3n) is 3.60. The Balaban J connectivity index is 1.87. The minimum atomic E-state index is 0.0873. The van der Waals surface area contributed by atoms with Gasteiger partial charge in [-0.1, -0.05) is 19.3 Å². The first-order valence-corrected chi connectivity index (χ1v) is 6.28. The number of hydrogen-bond acceptors (Lipinski definition) is 2. The van der Waals surface area contributed by atoms with Crippen LogP contribution in [0.5, 0.6) is 0 Å². The largest absolute Gasteiger partial charge is 0.399 e. The summed E-state index contributed by atoms with van der Waals surface area (Å²) in [5.41, 5.74) is 7.01. The standard InChI is InChI=1S/C14H20N2O/c1-16(10-9-11-3-2-4-11)14(17)12-5-7-13(15)8-6-12/h5-8,11H,2-4,9-10,15H2,1H3. The van der Waals surface area contributed by atoms with Crippen molar-refractivity contribution in [1.82, 2.24) is 4.90 Å². The Labute approximate surface area is 103 Å². The zero-order valence-electron chi connectivity index (χ0n) is 10.4. The van der Waals surface area contributed by atoms with Crippen LogP contribution in [0.2, 0.25) is 0 Å². The van der Waals surface area contributed by atoms with Crippen LogP contribution < -0.4 is 5.73 Å². The average molecular weight is 232 g/mol. The number of benzene rings is 1. The van der Waals surface area contributed by atoms with Gasteiger partial charge >= 0.3 is 0 Å². The maximum absolute atomic E-state index is 12.1. The Kier molecular flexibility index (Phi) is 3.67. The number of carbonyl (C=O) groups is 1. The quantitative estimate of drug-likeness (QED) is 0.811. The number of anilines is 1. The Morgan fingerprint density at radius 1 is 1.35 bits per heavy atom. The first-order chi connectivity index (χ1) is 8.16. The van der Waals surface area contributed by atoms with E-state index in [0.29, 0.717) is 5.69 Å².